The zero-order valence-corrected chi connectivity index (χ0v) is 13.6. The molecular formula is C14H11Br2ClO. The average Bonchev–Trinajstić information content (AvgIpc) is 2.34. The number of rotatable bonds is 3. The summed E-state index contributed by atoms with van der Waals surface area (Å²) in [5, 5.41) is 1.45. The van der Waals surface area contributed by atoms with E-state index in [0.717, 1.165) is 32.4 Å². The molecule has 0 saturated carbocycles. The van der Waals surface area contributed by atoms with Gasteiger partial charge in [-0.15, -0.1) is 0 Å². The van der Waals surface area contributed by atoms with Gasteiger partial charge in [-0.05, 0) is 48.4 Å². The smallest absolute Gasteiger partial charge is 0.128 e. The van der Waals surface area contributed by atoms with E-state index in [-0.39, 0.29) is 0 Å². The summed E-state index contributed by atoms with van der Waals surface area (Å²) in [5.41, 5.74) is 2.19. The molecule has 0 bridgehead atoms. The minimum atomic E-state index is 0.707. The third-order valence-corrected chi connectivity index (χ3v) is 4.38. The molecule has 0 aliphatic heterocycles. The summed E-state index contributed by atoms with van der Waals surface area (Å²) in [7, 11) is 0. The first-order valence-corrected chi connectivity index (χ1v) is 7.68. The van der Waals surface area contributed by atoms with Gasteiger partial charge in [0.05, 0.1) is 0 Å². The van der Waals surface area contributed by atoms with Gasteiger partial charge in [-0.25, -0.2) is 0 Å². The van der Waals surface area contributed by atoms with Gasteiger partial charge in [0.2, 0.25) is 0 Å². The van der Waals surface area contributed by atoms with E-state index in [2.05, 4.69) is 31.9 Å². The normalized spacial score (nSPS) is 10.4. The van der Waals surface area contributed by atoms with E-state index >= 15 is 0 Å². The number of aryl methyl sites for hydroxylation is 1. The van der Waals surface area contributed by atoms with Crippen molar-refractivity contribution in [3.05, 3.63) is 57.0 Å². The minimum absolute atomic E-state index is 0.707. The predicted molar refractivity (Wildman–Crippen MR) is 83.0 cm³/mol. The molecule has 2 aromatic rings. The summed E-state index contributed by atoms with van der Waals surface area (Å²) < 4.78 is 6.85. The third-order valence-electron chi connectivity index (χ3n) is 2.53. The van der Waals surface area contributed by atoms with E-state index in [0.29, 0.717) is 5.02 Å². The largest absolute Gasteiger partial charge is 0.457 e. The molecule has 0 spiro atoms. The Morgan fingerprint density at radius 2 is 1.78 bits per heavy atom. The maximum Gasteiger partial charge on any atom is 0.128 e. The third kappa shape index (κ3) is 3.28. The molecule has 0 aromatic heterocycles. The highest BCUT2D eigenvalue weighted by atomic mass is 79.9. The van der Waals surface area contributed by atoms with E-state index in [9.17, 15) is 0 Å². The Kier molecular flexibility index (Phi) is 4.71. The van der Waals surface area contributed by atoms with Crippen LogP contribution in [-0.2, 0) is 5.33 Å². The quantitative estimate of drug-likeness (QED) is 0.576. The molecule has 0 radical (unpaired) electrons. The van der Waals surface area contributed by atoms with E-state index < -0.39 is 0 Å². The van der Waals surface area contributed by atoms with Crippen LogP contribution in [0.15, 0.2) is 40.9 Å². The van der Waals surface area contributed by atoms with Gasteiger partial charge in [0.1, 0.15) is 11.5 Å². The molecule has 2 aromatic carbocycles. The van der Waals surface area contributed by atoms with Gasteiger partial charge in [0.15, 0.2) is 0 Å². The highest BCUT2D eigenvalue weighted by Crippen LogP contribution is 2.29. The Bertz CT molecular complexity index is 570. The van der Waals surface area contributed by atoms with Crippen LogP contribution in [0.1, 0.15) is 11.1 Å². The first-order chi connectivity index (χ1) is 8.60. The monoisotopic (exact) mass is 388 g/mol. The van der Waals surface area contributed by atoms with Crippen LogP contribution in [0.25, 0.3) is 0 Å². The van der Waals surface area contributed by atoms with Crippen LogP contribution in [0.3, 0.4) is 0 Å². The van der Waals surface area contributed by atoms with E-state index in [1.807, 2.05) is 43.3 Å². The number of benzene rings is 2. The maximum absolute atomic E-state index is 6.13. The standard InChI is InChI=1S/C14H11Br2ClO/c1-9-6-11(4-5-13(9)16)18-12-3-2-10(8-15)14(17)7-12/h2-7H,8H2,1H3. The second-order valence-corrected chi connectivity index (χ2v) is 5.72. The van der Waals surface area contributed by atoms with Crippen molar-refractivity contribution in [1.29, 1.82) is 0 Å². The number of ether oxygens (including phenoxy) is 1. The molecule has 1 nitrogen and oxygen atoms in total. The Hall–Kier alpha value is -0.510. The fraction of sp³-hybridized carbons (Fsp3) is 0.143. The number of alkyl halides is 1. The topological polar surface area (TPSA) is 9.23 Å². The minimum Gasteiger partial charge on any atom is -0.457 e. The lowest BCUT2D eigenvalue weighted by Gasteiger charge is -2.09. The molecule has 2 rings (SSSR count). The molecule has 0 aliphatic rings. The van der Waals surface area contributed by atoms with Crippen molar-refractivity contribution in [2.45, 2.75) is 12.3 Å². The second-order valence-electron chi connectivity index (χ2n) is 3.90. The zero-order chi connectivity index (χ0) is 13.1. The summed E-state index contributed by atoms with van der Waals surface area (Å²) in [5.74, 6) is 1.55. The SMILES string of the molecule is Cc1cc(Oc2ccc(CBr)c(Cl)c2)ccc1Br. The van der Waals surface area contributed by atoms with Crippen molar-refractivity contribution in [2.24, 2.45) is 0 Å². The molecule has 0 aliphatic carbocycles. The lowest BCUT2D eigenvalue weighted by molar-refractivity contribution is 0.482. The van der Waals surface area contributed by atoms with Crippen LogP contribution in [0.5, 0.6) is 11.5 Å². The van der Waals surface area contributed by atoms with Crippen molar-refractivity contribution < 1.29 is 4.74 Å². The molecule has 4 heteroatoms. The molecular weight excluding hydrogens is 379 g/mol. The number of hydrogen-bond donors (Lipinski definition) is 0. The first-order valence-electron chi connectivity index (χ1n) is 5.38. The van der Waals surface area contributed by atoms with Crippen LogP contribution in [0, 0.1) is 6.92 Å². The maximum atomic E-state index is 6.13. The molecule has 0 unspecified atom stereocenters. The lowest BCUT2D eigenvalue weighted by Crippen LogP contribution is -1.87. The van der Waals surface area contributed by atoms with Gasteiger partial charge in [-0.2, -0.15) is 0 Å². The lowest BCUT2D eigenvalue weighted by atomic mass is 10.2. The predicted octanol–water partition coefficient (Wildman–Crippen LogP) is 6.10. The Morgan fingerprint density at radius 3 is 2.39 bits per heavy atom. The van der Waals surface area contributed by atoms with Crippen LogP contribution in [0.4, 0.5) is 0 Å². The van der Waals surface area contributed by atoms with Gasteiger partial charge in [0, 0.05) is 14.8 Å². The molecule has 0 N–H and O–H groups in total. The van der Waals surface area contributed by atoms with Crippen molar-refractivity contribution in [3.8, 4) is 11.5 Å². The van der Waals surface area contributed by atoms with Crippen molar-refractivity contribution in [1.82, 2.24) is 0 Å². The molecule has 0 saturated heterocycles. The highest BCUT2D eigenvalue weighted by Gasteiger charge is 2.04. The number of hydrogen-bond acceptors (Lipinski definition) is 1. The molecule has 0 heterocycles. The van der Waals surface area contributed by atoms with Gasteiger partial charge in [0.25, 0.3) is 0 Å². The average molecular weight is 391 g/mol. The second kappa shape index (κ2) is 6.09. The van der Waals surface area contributed by atoms with Gasteiger partial charge >= 0.3 is 0 Å². The van der Waals surface area contributed by atoms with Crippen LogP contribution >= 0.6 is 43.5 Å². The molecule has 18 heavy (non-hydrogen) atoms. The molecule has 0 amide bonds. The van der Waals surface area contributed by atoms with Gasteiger partial charge in [-0.3, -0.25) is 0 Å². The highest BCUT2D eigenvalue weighted by molar-refractivity contribution is 9.10. The fourth-order valence-electron chi connectivity index (χ4n) is 1.52. The zero-order valence-electron chi connectivity index (χ0n) is 9.71. The Labute approximate surface area is 128 Å². The molecule has 0 atom stereocenters. The van der Waals surface area contributed by atoms with Gasteiger partial charge < -0.3 is 4.74 Å². The van der Waals surface area contributed by atoms with Gasteiger partial charge in [-0.1, -0.05) is 49.5 Å². The first kappa shape index (κ1) is 13.9. The van der Waals surface area contributed by atoms with E-state index in [1.165, 1.54) is 0 Å². The summed E-state index contributed by atoms with van der Waals surface area (Å²) >= 11 is 13.0. The fourth-order valence-corrected chi connectivity index (χ4v) is 2.65. The molecule has 94 valence electrons. The summed E-state index contributed by atoms with van der Waals surface area (Å²) in [6, 6.07) is 11.6. The number of halogens is 3. The van der Waals surface area contributed by atoms with E-state index in [4.69, 9.17) is 16.3 Å². The summed E-state index contributed by atoms with van der Waals surface area (Å²) in [6.07, 6.45) is 0. The van der Waals surface area contributed by atoms with Crippen LogP contribution in [0.2, 0.25) is 5.02 Å². The van der Waals surface area contributed by atoms with Crippen molar-refractivity contribution in [2.75, 3.05) is 0 Å². The van der Waals surface area contributed by atoms with Crippen LogP contribution in [-0.4, -0.2) is 0 Å². The van der Waals surface area contributed by atoms with Crippen LogP contribution < -0.4 is 4.74 Å². The van der Waals surface area contributed by atoms with E-state index in [1.54, 1.807) is 0 Å². The Morgan fingerprint density at radius 1 is 1.11 bits per heavy atom. The summed E-state index contributed by atoms with van der Waals surface area (Å²) in [6.45, 7) is 2.03. The van der Waals surface area contributed by atoms with Crippen molar-refractivity contribution in [3.63, 3.8) is 0 Å². The summed E-state index contributed by atoms with van der Waals surface area (Å²) in [4.78, 5) is 0. The Balaban J connectivity index is 2.23. The molecule has 0 fully saturated rings. The van der Waals surface area contributed by atoms with Crippen molar-refractivity contribution >= 4 is 43.5 Å².